The molecule has 0 spiro atoms. The summed E-state index contributed by atoms with van der Waals surface area (Å²) in [4.78, 5) is 4.04. The first-order chi connectivity index (χ1) is 4.81. The molecule has 0 aromatic heterocycles. The highest BCUT2D eigenvalue weighted by Gasteiger charge is 1.75. The van der Waals surface area contributed by atoms with E-state index in [0.29, 0.717) is 0 Å². The molecule has 0 radical (unpaired) electrons. The van der Waals surface area contributed by atoms with Gasteiger partial charge in [-0.2, -0.15) is 0 Å². The number of hydrogen-bond donors (Lipinski definition) is 1. The van der Waals surface area contributed by atoms with Gasteiger partial charge in [-0.15, -0.1) is 0 Å². The molecule has 0 saturated heterocycles. The van der Waals surface area contributed by atoms with Crippen molar-refractivity contribution in [2.24, 2.45) is 4.99 Å². The Bertz CT molecular complexity index is 155. The highest BCUT2D eigenvalue weighted by Crippen LogP contribution is 1.88. The number of rotatable bonds is 3. The molecule has 0 rings (SSSR count). The van der Waals surface area contributed by atoms with Gasteiger partial charge in [0.2, 0.25) is 0 Å². The lowest BCUT2D eigenvalue weighted by Gasteiger charge is -1.90. The maximum Gasteiger partial charge on any atom is 0.0528 e. The Morgan fingerprint density at radius 1 is 1.40 bits per heavy atom. The van der Waals surface area contributed by atoms with Gasteiger partial charge in [-0.25, -0.2) is 0 Å². The second kappa shape index (κ2) is 6.08. The van der Waals surface area contributed by atoms with Gasteiger partial charge in [0.05, 0.1) is 5.70 Å². The lowest BCUT2D eigenvalue weighted by molar-refractivity contribution is 1.13. The van der Waals surface area contributed by atoms with Crippen LogP contribution in [-0.4, -0.2) is 6.21 Å². The fourth-order valence-electron chi connectivity index (χ4n) is 0.506. The van der Waals surface area contributed by atoms with E-state index in [1.54, 1.807) is 6.21 Å². The van der Waals surface area contributed by atoms with Crippen LogP contribution in [-0.2, 0) is 0 Å². The van der Waals surface area contributed by atoms with Crippen LogP contribution in [0.5, 0.6) is 0 Å². The molecular weight excluding hydrogens is 124 g/mol. The Balaban J connectivity index is 3.68. The third kappa shape index (κ3) is 5.09. The van der Waals surface area contributed by atoms with Gasteiger partial charge in [0, 0.05) is 12.4 Å². The van der Waals surface area contributed by atoms with Crippen molar-refractivity contribution in [1.82, 2.24) is 5.32 Å². The molecule has 0 heterocycles. The van der Waals surface area contributed by atoms with Gasteiger partial charge in [0.25, 0.3) is 0 Å². The lowest BCUT2D eigenvalue weighted by Crippen LogP contribution is -1.92. The molecule has 0 aromatic carbocycles. The summed E-state index contributed by atoms with van der Waals surface area (Å²) in [6, 6.07) is 0. The van der Waals surface area contributed by atoms with Crippen molar-refractivity contribution in [3.05, 3.63) is 24.2 Å². The number of allylic oxidation sites excluding steroid dienone is 2. The van der Waals surface area contributed by atoms with Crippen LogP contribution in [0.25, 0.3) is 0 Å². The molecule has 0 aromatic rings. The Morgan fingerprint density at radius 2 is 2.10 bits per heavy atom. The first kappa shape index (κ1) is 8.95. The molecule has 0 amide bonds. The third-order valence-corrected chi connectivity index (χ3v) is 0.888. The fraction of sp³-hybridized carbons (Fsp3) is 0.375. The molecular formula is C8H14N2. The molecule has 0 atom stereocenters. The fourth-order valence-corrected chi connectivity index (χ4v) is 0.506. The largest absolute Gasteiger partial charge is 0.366 e. The minimum atomic E-state index is 0.973. The van der Waals surface area contributed by atoms with E-state index in [1.165, 1.54) is 0 Å². The van der Waals surface area contributed by atoms with Crippen LogP contribution in [0.4, 0.5) is 0 Å². The van der Waals surface area contributed by atoms with E-state index in [2.05, 4.69) is 10.3 Å². The second-order valence-electron chi connectivity index (χ2n) is 1.84. The normalized spacial score (nSPS) is 13.3. The summed E-state index contributed by atoms with van der Waals surface area (Å²) in [6.45, 7) is 5.79. The highest BCUT2D eigenvalue weighted by molar-refractivity contribution is 5.55. The van der Waals surface area contributed by atoms with Crippen molar-refractivity contribution in [2.45, 2.75) is 20.8 Å². The van der Waals surface area contributed by atoms with Crippen LogP contribution in [0.2, 0.25) is 0 Å². The molecule has 56 valence electrons. The van der Waals surface area contributed by atoms with Crippen molar-refractivity contribution in [1.29, 1.82) is 0 Å². The van der Waals surface area contributed by atoms with E-state index >= 15 is 0 Å². The van der Waals surface area contributed by atoms with Crippen LogP contribution in [0.15, 0.2) is 29.2 Å². The Labute approximate surface area is 62.4 Å². The molecule has 10 heavy (non-hydrogen) atoms. The summed E-state index contributed by atoms with van der Waals surface area (Å²) < 4.78 is 0. The predicted molar refractivity (Wildman–Crippen MR) is 45.9 cm³/mol. The van der Waals surface area contributed by atoms with Gasteiger partial charge in [-0.3, -0.25) is 4.99 Å². The third-order valence-electron chi connectivity index (χ3n) is 0.888. The lowest BCUT2D eigenvalue weighted by atomic mass is 10.5. The summed E-state index contributed by atoms with van der Waals surface area (Å²) >= 11 is 0. The van der Waals surface area contributed by atoms with Crippen LogP contribution in [0, 0.1) is 0 Å². The maximum absolute atomic E-state index is 4.04. The Hall–Kier alpha value is -1.05. The molecule has 0 saturated carbocycles. The van der Waals surface area contributed by atoms with Crippen molar-refractivity contribution < 1.29 is 0 Å². The smallest absolute Gasteiger partial charge is 0.0528 e. The van der Waals surface area contributed by atoms with Gasteiger partial charge in [0.1, 0.15) is 0 Å². The van der Waals surface area contributed by atoms with Crippen LogP contribution < -0.4 is 5.32 Å². The van der Waals surface area contributed by atoms with Crippen LogP contribution >= 0.6 is 0 Å². The minimum Gasteiger partial charge on any atom is -0.366 e. The summed E-state index contributed by atoms with van der Waals surface area (Å²) in [7, 11) is 0. The topological polar surface area (TPSA) is 24.4 Å². The van der Waals surface area contributed by atoms with Gasteiger partial charge < -0.3 is 5.32 Å². The zero-order valence-corrected chi connectivity index (χ0v) is 6.76. The summed E-state index contributed by atoms with van der Waals surface area (Å²) in [5.41, 5.74) is 0.973. The second-order valence-corrected chi connectivity index (χ2v) is 1.84. The first-order valence-electron chi connectivity index (χ1n) is 3.34. The molecule has 0 aliphatic rings. The molecule has 2 nitrogen and oxygen atoms in total. The van der Waals surface area contributed by atoms with Crippen molar-refractivity contribution in [2.75, 3.05) is 0 Å². The first-order valence-corrected chi connectivity index (χ1v) is 3.34. The molecule has 1 N–H and O–H groups in total. The standard InChI is InChI=1S/C8H14N2/c1-4-6-9-7-8(3)10-5-2/h4-7,9H,1-3H3/b6-4+,8-7-,10-5?. The van der Waals surface area contributed by atoms with E-state index in [9.17, 15) is 0 Å². The average molecular weight is 138 g/mol. The van der Waals surface area contributed by atoms with E-state index in [4.69, 9.17) is 0 Å². The van der Waals surface area contributed by atoms with Crippen LogP contribution in [0.1, 0.15) is 20.8 Å². The number of hydrogen-bond acceptors (Lipinski definition) is 2. The van der Waals surface area contributed by atoms with Crippen LogP contribution in [0.3, 0.4) is 0 Å². The van der Waals surface area contributed by atoms with E-state index < -0.39 is 0 Å². The van der Waals surface area contributed by atoms with Gasteiger partial charge in [0.15, 0.2) is 0 Å². The number of nitrogens with zero attached hydrogens (tertiary/aromatic N) is 1. The Morgan fingerprint density at radius 3 is 2.60 bits per heavy atom. The van der Waals surface area contributed by atoms with E-state index in [-0.39, 0.29) is 0 Å². The predicted octanol–water partition coefficient (Wildman–Crippen LogP) is 2.06. The minimum absolute atomic E-state index is 0.973. The zero-order valence-electron chi connectivity index (χ0n) is 6.76. The average Bonchev–Trinajstić information content (AvgIpc) is 1.89. The van der Waals surface area contributed by atoms with Gasteiger partial charge in [-0.05, 0) is 27.0 Å². The molecule has 0 aliphatic heterocycles. The zero-order chi connectivity index (χ0) is 7.82. The summed E-state index contributed by atoms with van der Waals surface area (Å²) in [5, 5.41) is 2.96. The van der Waals surface area contributed by atoms with E-state index in [0.717, 1.165) is 5.70 Å². The highest BCUT2D eigenvalue weighted by atomic mass is 14.8. The maximum atomic E-state index is 4.04. The van der Waals surface area contributed by atoms with Gasteiger partial charge in [-0.1, -0.05) is 6.08 Å². The SMILES string of the molecule is CC=N/C(C)=C\N/C=C/C. The molecule has 0 unspecified atom stereocenters. The molecule has 0 fully saturated rings. The number of nitrogens with one attached hydrogen (secondary N) is 1. The summed E-state index contributed by atoms with van der Waals surface area (Å²) in [5.74, 6) is 0. The summed E-state index contributed by atoms with van der Waals surface area (Å²) in [6.07, 6.45) is 7.40. The number of aliphatic imine (C=N–C) groups is 1. The molecule has 0 aliphatic carbocycles. The van der Waals surface area contributed by atoms with Crippen molar-refractivity contribution >= 4 is 6.21 Å². The van der Waals surface area contributed by atoms with Crippen molar-refractivity contribution in [3.8, 4) is 0 Å². The molecule has 0 bridgehead atoms. The van der Waals surface area contributed by atoms with Crippen molar-refractivity contribution in [3.63, 3.8) is 0 Å². The Kier molecular flexibility index (Phi) is 5.44. The van der Waals surface area contributed by atoms with Gasteiger partial charge >= 0.3 is 0 Å². The van der Waals surface area contributed by atoms with E-state index in [1.807, 2.05) is 39.2 Å². The monoisotopic (exact) mass is 138 g/mol. The molecule has 2 heteroatoms. The quantitative estimate of drug-likeness (QED) is 0.593.